The van der Waals surface area contributed by atoms with Crippen LogP contribution in [-0.2, 0) is 11.2 Å². The number of allylic oxidation sites excluding steroid dienone is 9. The largest absolute Gasteiger partial charge is 0.440 e. The minimum atomic E-state index is -3.06. The van der Waals surface area contributed by atoms with Gasteiger partial charge < -0.3 is 14.6 Å². The van der Waals surface area contributed by atoms with Crippen molar-refractivity contribution in [3.8, 4) is 5.75 Å². The van der Waals surface area contributed by atoms with E-state index in [-0.39, 0.29) is 18.1 Å². The van der Waals surface area contributed by atoms with Crippen molar-refractivity contribution in [2.45, 2.75) is 73.5 Å². The monoisotopic (exact) mass is 523 g/mol. The Bertz CT molecular complexity index is 1040. The van der Waals surface area contributed by atoms with Gasteiger partial charge in [-0.15, -0.1) is 0 Å². The summed E-state index contributed by atoms with van der Waals surface area (Å²) in [5, 5.41) is 9.51. The molecular weight excluding hydrogens is 486 g/mol. The molecule has 4 nitrogen and oxygen atoms in total. The molecule has 1 aromatic rings. The number of aliphatic hydroxyl groups excluding tert-OH is 1. The maximum absolute atomic E-state index is 13.2. The Hall–Kier alpha value is -3.13. The zero-order valence-corrected chi connectivity index (χ0v) is 22.1. The summed E-state index contributed by atoms with van der Waals surface area (Å²) in [6.45, 7) is 2.86. The molecule has 0 saturated carbocycles. The molecule has 0 aliphatic rings. The number of aliphatic imine (C=N–C) groups is 1. The molecule has 0 radical (unpaired) electrons. The second kappa shape index (κ2) is 17.3. The molecule has 0 fully saturated rings. The highest BCUT2D eigenvalue weighted by Gasteiger charge is 2.15. The molecule has 37 heavy (non-hydrogen) atoms. The summed E-state index contributed by atoms with van der Waals surface area (Å²) < 4.78 is 61.2. The first kappa shape index (κ1) is 31.9. The van der Waals surface area contributed by atoms with Gasteiger partial charge in [0.05, 0.1) is 12.3 Å². The zero-order chi connectivity index (χ0) is 27.8. The SMILES string of the molecule is C\C=C(/C=N/C(=C/CCC)CO)Cc1ccc(OC(F)F)c(C(/C=C(\C)OC(F)F)=C/C=C(C)CC)c1. The van der Waals surface area contributed by atoms with E-state index < -0.39 is 13.2 Å². The Labute approximate surface area is 217 Å². The van der Waals surface area contributed by atoms with Gasteiger partial charge in [0.2, 0.25) is 0 Å². The standard InChI is InChI=1S/C29H37F4NO3/c1-6-9-10-25(19-35)34-18-22(8-3)16-23-12-14-27(37-29(32)33)26(17-23)24(13-11-20(4)7-2)15-21(5)36-28(30)31/h8,10-15,17-18,28-29,35H,6-7,9,16,19H2,1-5H3/b20-11?,21-15+,22-8-,24-13+,25-10+,34-18+. The number of alkyl halides is 4. The van der Waals surface area contributed by atoms with Crippen molar-refractivity contribution in [2.75, 3.05) is 6.61 Å². The van der Waals surface area contributed by atoms with Gasteiger partial charge in [0.15, 0.2) is 0 Å². The fourth-order valence-corrected chi connectivity index (χ4v) is 3.16. The van der Waals surface area contributed by atoms with Crippen LogP contribution in [0.5, 0.6) is 5.75 Å². The summed E-state index contributed by atoms with van der Waals surface area (Å²) in [7, 11) is 0. The van der Waals surface area contributed by atoms with Crippen LogP contribution in [0.1, 0.15) is 65.0 Å². The number of hydrogen-bond acceptors (Lipinski definition) is 4. The molecule has 0 aliphatic carbocycles. The van der Waals surface area contributed by atoms with Crippen molar-refractivity contribution in [3.63, 3.8) is 0 Å². The molecule has 0 aromatic heterocycles. The predicted molar refractivity (Wildman–Crippen MR) is 142 cm³/mol. The van der Waals surface area contributed by atoms with E-state index in [1.54, 1.807) is 30.5 Å². The van der Waals surface area contributed by atoms with Crippen molar-refractivity contribution < 1.29 is 32.1 Å². The second-order valence-electron chi connectivity index (χ2n) is 8.27. The van der Waals surface area contributed by atoms with Gasteiger partial charge in [-0.3, -0.25) is 4.99 Å². The average Bonchev–Trinajstić information content (AvgIpc) is 2.85. The number of benzene rings is 1. The third-order valence-electron chi connectivity index (χ3n) is 5.32. The molecule has 0 spiro atoms. The molecule has 0 saturated heterocycles. The molecule has 1 aromatic carbocycles. The summed E-state index contributed by atoms with van der Waals surface area (Å²) in [5.74, 6) is -0.164. The smallest absolute Gasteiger partial charge is 0.387 e. The molecule has 0 unspecified atom stereocenters. The Kier molecular flexibility index (Phi) is 15.0. The van der Waals surface area contributed by atoms with Gasteiger partial charge in [0, 0.05) is 11.8 Å². The fraction of sp³-hybridized carbons (Fsp3) is 0.414. The van der Waals surface area contributed by atoms with Crippen molar-refractivity contribution >= 4 is 11.8 Å². The number of unbranched alkanes of at least 4 members (excludes halogenated alkanes) is 1. The number of halogens is 4. The van der Waals surface area contributed by atoms with E-state index in [4.69, 9.17) is 4.74 Å². The van der Waals surface area contributed by atoms with Crippen LogP contribution in [0.15, 0.2) is 76.2 Å². The van der Waals surface area contributed by atoms with Gasteiger partial charge in [0.25, 0.3) is 0 Å². The van der Waals surface area contributed by atoms with Gasteiger partial charge in [-0.25, -0.2) is 0 Å². The zero-order valence-electron chi connectivity index (χ0n) is 22.1. The average molecular weight is 524 g/mol. The normalized spacial score (nSPS) is 14.3. The van der Waals surface area contributed by atoms with Crippen LogP contribution >= 0.6 is 0 Å². The van der Waals surface area contributed by atoms with E-state index in [0.29, 0.717) is 23.3 Å². The van der Waals surface area contributed by atoms with Crippen LogP contribution in [-0.4, -0.2) is 31.2 Å². The first-order valence-corrected chi connectivity index (χ1v) is 12.2. The molecule has 1 rings (SSSR count). The van der Waals surface area contributed by atoms with Crippen LogP contribution in [0.3, 0.4) is 0 Å². The lowest BCUT2D eigenvalue weighted by molar-refractivity contribution is -0.0953. The highest BCUT2D eigenvalue weighted by atomic mass is 19.3. The Morgan fingerprint density at radius 3 is 2.38 bits per heavy atom. The van der Waals surface area contributed by atoms with Gasteiger partial charge in [-0.1, -0.05) is 56.2 Å². The lowest BCUT2D eigenvalue weighted by Crippen LogP contribution is -2.05. The maximum Gasteiger partial charge on any atom is 0.387 e. The molecule has 0 amide bonds. The van der Waals surface area contributed by atoms with E-state index in [2.05, 4.69) is 9.73 Å². The maximum atomic E-state index is 13.2. The summed E-state index contributed by atoms with van der Waals surface area (Å²) >= 11 is 0. The topological polar surface area (TPSA) is 51.1 Å². The molecule has 0 aliphatic heterocycles. The van der Waals surface area contributed by atoms with Gasteiger partial charge >= 0.3 is 13.2 Å². The Morgan fingerprint density at radius 1 is 1.08 bits per heavy atom. The molecule has 204 valence electrons. The van der Waals surface area contributed by atoms with Gasteiger partial charge in [-0.2, -0.15) is 17.6 Å². The van der Waals surface area contributed by atoms with E-state index in [1.165, 1.54) is 19.1 Å². The lowest BCUT2D eigenvalue weighted by Gasteiger charge is -2.15. The molecular formula is C29H37F4NO3. The highest BCUT2D eigenvalue weighted by Crippen LogP contribution is 2.32. The number of aliphatic hydroxyl groups is 1. The molecule has 0 heterocycles. The van der Waals surface area contributed by atoms with E-state index >= 15 is 0 Å². The second-order valence-corrected chi connectivity index (χ2v) is 8.27. The quantitative estimate of drug-likeness (QED) is 0.109. The van der Waals surface area contributed by atoms with Crippen molar-refractivity contribution in [1.29, 1.82) is 0 Å². The van der Waals surface area contributed by atoms with E-state index in [9.17, 15) is 22.7 Å². The third kappa shape index (κ3) is 12.6. The molecule has 0 bridgehead atoms. The summed E-state index contributed by atoms with van der Waals surface area (Å²) in [6.07, 6.45) is 13.1. The molecule has 8 heteroatoms. The van der Waals surface area contributed by atoms with E-state index in [1.807, 2.05) is 39.8 Å². The number of hydrogen-bond donors (Lipinski definition) is 1. The number of rotatable bonds is 15. The van der Waals surface area contributed by atoms with Crippen molar-refractivity contribution in [3.05, 3.63) is 82.3 Å². The van der Waals surface area contributed by atoms with Crippen molar-refractivity contribution in [2.24, 2.45) is 4.99 Å². The van der Waals surface area contributed by atoms with Crippen LogP contribution < -0.4 is 4.74 Å². The minimum absolute atomic E-state index is 0.0751. The Balaban J connectivity index is 3.53. The van der Waals surface area contributed by atoms with E-state index in [0.717, 1.165) is 36.0 Å². The highest BCUT2D eigenvalue weighted by molar-refractivity contribution is 5.82. The summed E-state index contributed by atoms with van der Waals surface area (Å²) in [5.41, 5.74) is 3.86. The molecule has 0 atom stereocenters. The predicted octanol–water partition coefficient (Wildman–Crippen LogP) is 8.41. The molecule has 1 N–H and O–H groups in total. The Morgan fingerprint density at radius 2 is 1.81 bits per heavy atom. The first-order valence-electron chi connectivity index (χ1n) is 12.2. The van der Waals surface area contributed by atoms with Crippen LogP contribution in [0.4, 0.5) is 17.6 Å². The van der Waals surface area contributed by atoms with Gasteiger partial charge in [-0.05, 0) is 75.0 Å². The van der Waals surface area contributed by atoms with Crippen LogP contribution in [0.2, 0.25) is 0 Å². The van der Waals surface area contributed by atoms with Crippen LogP contribution in [0.25, 0.3) is 5.57 Å². The summed E-state index contributed by atoms with van der Waals surface area (Å²) in [6, 6.07) is 4.78. The number of ether oxygens (including phenoxy) is 2. The first-order chi connectivity index (χ1) is 17.6. The summed E-state index contributed by atoms with van der Waals surface area (Å²) in [4.78, 5) is 4.36. The van der Waals surface area contributed by atoms with Gasteiger partial charge in [0.1, 0.15) is 11.5 Å². The third-order valence-corrected chi connectivity index (χ3v) is 5.32. The van der Waals surface area contributed by atoms with Crippen molar-refractivity contribution in [1.82, 2.24) is 0 Å². The van der Waals surface area contributed by atoms with Crippen LogP contribution in [0, 0.1) is 0 Å². The minimum Gasteiger partial charge on any atom is -0.440 e. The lowest BCUT2D eigenvalue weighted by atomic mass is 9.97. The number of nitrogens with zero attached hydrogens (tertiary/aromatic N) is 1. The fourth-order valence-electron chi connectivity index (χ4n) is 3.16.